The van der Waals surface area contributed by atoms with E-state index in [-0.39, 0.29) is 11.0 Å². The maximum Gasteiger partial charge on any atom is 0.266 e. The van der Waals surface area contributed by atoms with Crippen molar-refractivity contribution >= 4 is 0 Å². The Kier molecular flexibility index (Phi) is 5.32. The molecule has 0 saturated carbocycles. The van der Waals surface area contributed by atoms with Crippen LogP contribution in [0.1, 0.15) is 39.3 Å². The Bertz CT molecular complexity index is 723. The van der Waals surface area contributed by atoms with Gasteiger partial charge in [0.25, 0.3) is 5.56 Å². The highest BCUT2D eigenvalue weighted by Gasteiger charge is 2.22. The molecule has 136 valence electrons. The molecule has 1 aliphatic rings. The maximum atomic E-state index is 12.1. The first-order valence-electron chi connectivity index (χ1n) is 9.07. The number of aromatic nitrogens is 5. The minimum absolute atomic E-state index is 0.000172. The van der Waals surface area contributed by atoms with Crippen molar-refractivity contribution in [1.29, 1.82) is 0 Å². The summed E-state index contributed by atoms with van der Waals surface area (Å²) in [6, 6.07) is 3.50. The monoisotopic (exact) mass is 344 g/mol. The molecule has 1 fully saturated rings. The lowest BCUT2D eigenvalue weighted by molar-refractivity contribution is 0.161. The van der Waals surface area contributed by atoms with Gasteiger partial charge in [-0.25, -0.2) is 4.68 Å². The fourth-order valence-electron chi connectivity index (χ4n) is 3.21. The van der Waals surface area contributed by atoms with E-state index in [1.165, 1.54) is 0 Å². The van der Waals surface area contributed by atoms with E-state index in [1.807, 2.05) is 6.07 Å². The van der Waals surface area contributed by atoms with Gasteiger partial charge in [-0.15, -0.1) is 0 Å². The van der Waals surface area contributed by atoms with Crippen LogP contribution in [0.15, 0.2) is 29.3 Å². The van der Waals surface area contributed by atoms with Crippen LogP contribution in [-0.4, -0.2) is 49.3 Å². The number of likely N-dealkylation sites (tertiary alicyclic amines) is 1. The van der Waals surface area contributed by atoms with E-state index in [4.69, 9.17) is 0 Å². The number of hydrogen-bond donors (Lipinski definition) is 0. The summed E-state index contributed by atoms with van der Waals surface area (Å²) >= 11 is 0. The molecule has 1 saturated heterocycles. The molecule has 0 unspecified atom stereocenters. The highest BCUT2D eigenvalue weighted by atomic mass is 16.1. The first-order chi connectivity index (χ1) is 11.9. The summed E-state index contributed by atoms with van der Waals surface area (Å²) in [4.78, 5) is 16.3. The van der Waals surface area contributed by atoms with Gasteiger partial charge >= 0.3 is 0 Å². The van der Waals surface area contributed by atoms with Gasteiger partial charge in [0, 0.05) is 24.6 Å². The Labute approximate surface area is 148 Å². The minimum atomic E-state index is -0.0423. The van der Waals surface area contributed by atoms with Gasteiger partial charge in [-0.1, -0.05) is 20.8 Å². The summed E-state index contributed by atoms with van der Waals surface area (Å²) in [5.74, 6) is 0.513. The number of piperidine rings is 1. The lowest BCUT2D eigenvalue weighted by atomic mass is 9.92. The Morgan fingerprint density at radius 3 is 2.40 bits per heavy atom. The summed E-state index contributed by atoms with van der Waals surface area (Å²) in [5.41, 5.74) is 0.927. The standard InChI is InChI=1S/C18H28N6O/c1-18(2,3)16-4-5-17(25)23(21-16)14-15-6-10-22(11-7-15)12-13-24-19-8-9-20-24/h4-5,8-9,15H,6-7,10-14H2,1-3H3. The van der Waals surface area contributed by atoms with Crippen molar-refractivity contribution in [2.45, 2.75) is 52.1 Å². The summed E-state index contributed by atoms with van der Waals surface area (Å²) < 4.78 is 1.66. The molecule has 2 aromatic rings. The van der Waals surface area contributed by atoms with Crippen LogP contribution in [0.5, 0.6) is 0 Å². The average molecular weight is 344 g/mol. The van der Waals surface area contributed by atoms with E-state index in [0.29, 0.717) is 5.92 Å². The van der Waals surface area contributed by atoms with Gasteiger partial charge in [-0.3, -0.25) is 4.79 Å². The SMILES string of the molecule is CC(C)(C)c1ccc(=O)n(CC2CCN(CCn3nccn3)CC2)n1. The van der Waals surface area contributed by atoms with E-state index in [9.17, 15) is 4.79 Å². The third kappa shape index (κ3) is 4.75. The van der Waals surface area contributed by atoms with Gasteiger partial charge in [0.15, 0.2) is 0 Å². The van der Waals surface area contributed by atoms with Crippen molar-refractivity contribution < 1.29 is 0 Å². The Hall–Kier alpha value is -2.02. The van der Waals surface area contributed by atoms with E-state index in [2.05, 4.69) is 41.0 Å². The molecule has 2 aromatic heterocycles. The van der Waals surface area contributed by atoms with E-state index in [1.54, 1.807) is 27.9 Å². The molecule has 0 N–H and O–H groups in total. The number of rotatable bonds is 5. The molecule has 7 nitrogen and oxygen atoms in total. The van der Waals surface area contributed by atoms with Gasteiger partial charge in [-0.2, -0.15) is 20.1 Å². The zero-order chi connectivity index (χ0) is 17.9. The largest absolute Gasteiger partial charge is 0.301 e. The summed E-state index contributed by atoms with van der Waals surface area (Å²) in [6.07, 6.45) is 5.62. The quantitative estimate of drug-likeness (QED) is 0.823. The molecule has 25 heavy (non-hydrogen) atoms. The molecule has 0 aromatic carbocycles. The van der Waals surface area contributed by atoms with Gasteiger partial charge in [0.2, 0.25) is 0 Å². The fraction of sp³-hybridized carbons (Fsp3) is 0.667. The van der Waals surface area contributed by atoms with Crippen LogP contribution < -0.4 is 5.56 Å². The molecule has 7 heteroatoms. The van der Waals surface area contributed by atoms with Crippen molar-refractivity contribution in [3.8, 4) is 0 Å². The zero-order valence-corrected chi connectivity index (χ0v) is 15.4. The highest BCUT2D eigenvalue weighted by Crippen LogP contribution is 2.20. The van der Waals surface area contributed by atoms with Crippen LogP contribution in [0.25, 0.3) is 0 Å². The van der Waals surface area contributed by atoms with Crippen LogP contribution in [0.4, 0.5) is 0 Å². The van der Waals surface area contributed by atoms with Crippen LogP contribution in [-0.2, 0) is 18.5 Å². The lowest BCUT2D eigenvalue weighted by Gasteiger charge is -2.31. The third-order valence-electron chi connectivity index (χ3n) is 4.86. The summed E-state index contributed by atoms with van der Waals surface area (Å²) in [5, 5.41) is 12.9. The van der Waals surface area contributed by atoms with Crippen molar-refractivity contribution in [1.82, 2.24) is 29.7 Å². The van der Waals surface area contributed by atoms with Crippen LogP contribution >= 0.6 is 0 Å². The molecule has 0 spiro atoms. The second kappa shape index (κ2) is 7.47. The average Bonchev–Trinajstić information content (AvgIpc) is 3.09. The van der Waals surface area contributed by atoms with Gasteiger partial charge < -0.3 is 4.90 Å². The first kappa shape index (κ1) is 17.8. The fourth-order valence-corrected chi connectivity index (χ4v) is 3.21. The van der Waals surface area contributed by atoms with Crippen LogP contribution in [0.2, 0.25) is 0 Å². The molecule has 0 atom stereocenters. The summed E-state index contributed by atoms with van der Waals surface area (Å²) in [7, 11) is 0. The maximum absolute atomic E-state index is 12.1. The topological polar surface area (TPSA) is 68.8 Å². The lowest BCUT2D eigenvalue weighted by Crippen LogP contribution is -2.38. The van der Waals surface area contributed by atoms with Crippen LogP contribution in [0, 0.1) is 5.92 Å². The van der Waals surface area contributed by atoms with Crippen molar-refractivity contribution in [2.75, 3.05) is 19.6 Å². The molecule has 0 aliphatic carbocycles. The van der Waals surface area contributed by atoms with Gasteiger partial charge in [0.1, 0.15) is 0 Å². The Morgan fingerprint density at radius 2 is 1.76 bits per heavy atom. The molecular formula is C18H28N6O. The Balaban J connectivity index is 1.53. The molecule has 0 bridgehead atoms. The van der Waals surface area contributed by atoms with Crippen molar-refractivity contribution in [2.24, 2.45) is 5.92 Å². The molecular weight excluding hydrogens is 316 g/mol. The Morgan fingerprint density at radius 1 is 1.08 bits per heavy atom. The van der Waals surface area contributed by atoms with E-state index in [0.717, 1.165) is 51.3 Å². The molecule has 0 radical (unpaired) electrons. The third-order valence-corrected chi connectivity index (χ3v) is 4.86. The first-order valence-corrected chi connectivity index (χ1v) is 9.07. The molecule has 1 aliphatic heterocycles. The molecule has 3 heterocycles. The van der Waals surface area contributed by atoms with E-state index < -0.39 is 0 Å². The molecule has 0 amide bonds. The van der Waals surface area contributed by atoms with Gasteiger partial charge in [-0.05, 0) is 37.9 Å². The highest BCUT2D eigenvalue weighted by molar-refractivity contribution is 5.10. The van der Waals surface area contributed by atoms with Gasteiger partial charge in [0.05, 0.1) is 24.6 Å². The predicted octanol–water partition coefficient (Wildman–Crippen LogP) is 1.54. The van der Waals surface area contributed by atoms with Crippen molar-refractivity contribution in [3.63, 3.8) is 0 Å². The molecule has 3 rings (SSSR count). The normalized spacial score (nSPS) is 17.1. The zero-order valence-electron chi connectivity index (χ0n) is 15.4. The summed E-state index contributed by atoms with van der Waals surface area (Å²) in [6.45, 7) is 11.0. The van der Waals surface area contributed by atoms with E-state index >= 15 is 0 Å². The van der Waals surface area contributed by atoms with Crippen molar-refractivity contribution in [3.05, 3.63) is 40.6 Å². The van der Waals surface area contributed by atoms with Crippen LogP contribution in [0.3, 0.4) is 0 Å². The second-order valence-corrected chi connectivity index (χ2v) is 7.90. The number of nitrogens with zero attached hydrogens (tertiary/aromatic N) is 6. The minimum Gasteiger partial charge on any atom is -0.301 e. The second-order valence-electron chi connectivity index (χ2n) is 7.90. The smallest absolute Gasteiger partial charge is 0.266 e. The predicted molar refractivity (Wildman–Crippen MR) is 96.4 cm³/mol. The number of hydrogen-bond acceptors (Lipinski definition) is 5.